The molecule has 0 spiro atoms. The van der Waals surface area contributed by atoms with Gasteiger partial charge in [-0.1, -0.05) is 13.3 Å². The third-order valence-corrected chi connectivity index (χ3v) is 4.93. The molecule has 0 atom stereocenters. The van der Waals surface area contributed by atoms with Gasteiger partial charge in [0.05, 0.1) is 30.9 Å². The maximum Gasteiger partial charge on any atom is 0.336 e. The van der Waals surface area contributed by atoms with Crippen molar-refractivity contribution in [3.8, 4) is 22.8 Å². The zero-order valence-corrected chi connectivity index (χ0v) is 17.6. The molecule has 0 fully saturated rings. The van der Waals surface area contributed by atoms with Gasteiger partial charge in [0.15, 0.2) is 5.58 Å². The summed E-state index contributed by atoms with van der Waals surface area (Å²) in [4.78, 5) is 23.5. The zero-order chi connectivity index (χ0) is 21.0. The van der Waals surface area contributed by atoms with Gasteiger partial charge < -0.3 is 18.8 Å². The predicted molar refractivity (Wildman–Crippen MR) is 114 cm³/mol. The molecule has 0 aliphatic carbocycles. The Labute approximate surface area is 170 Å². The fourth-order valence-electron chi connectivity index (χ4n) is 3.54. The minimum atomic E-state index is -0.407. The fourth-order valence-corrected chi connectivity index (χ4v) is 3.54. The average molecular weight is 397 g/mol. The lowest BCUT2D eigenvalue weighted by Gasteiger charge is -2.20. The van der Waals surface area contributed by atoms with Crippen LogP contribution in [0, 0.1) is 0 Å². The van der Waals surface area contributed by atoms with Gasteiger partial charge in [0.2, 0.25) is 5.95 Å². The average Bonchev–Trinajstić information content (AvgIpc) is 2.73. The molecule has 0 radical (unpaired) electrons. The Kier molecular flexibility index (Phi) is 6.36. The third kappa shape index (κ3) is 3.90. The van der Waals surface area contributed by atoms with Crippen LogP contribution in [0.4, 0.5) is 5.95 Å². The molecule has 2 aromatic heterocycles. The summed E-state index contributed by atoms with van der Waals surface area (Å²) in [6.45, 7) is 7.75. The van der Waals surface area contributed by atoms with Gasteiger partial charge in [0.25, 0.3) is 0 Å². The molecule has 0 N–H and O–H groups in total. The van der Waals surface area contributed by atoms with E-state index in [9.17, 15) is 4.79 Å². The molecular weight excluding hydrogens is 370 g/mol. The van der Waals surface area contributed by atoms with Crippen molar-refractivity contribution >= 4 is 16.9 Å². The number of rotatable bonds is 8. The normalized spacial score (nSPS) is 10.9. The first-order chi connectivity index (χ1) is 14.1. The van der Waals surface area contributed by atoms with Crippen molar-refractivity contribution < 1.29 is 13.9 Å². The van der Waals surface area contributed by atoms with Crippen molar-refractivity contribution in [2.75, 3.05) is 32.2 Å². The number of aromatic nitrogens is 2. The van der Waals surface area contributed by atoms with Crippen LogP contribution in [0.15, 0.2) is 33.6 Å². The smallest absolute Gasteiger partial charge is 0.336 e. The first kappa shape index (κ1) is 20.6. The van der Waals surface area contributed by atoms with Gasteiger partial charge in [-0.2, -0.15) is 0 Å². The molecule has 0 saturated carbocycles. The van der Waals surface area contributed by atoms with Crippen molar-refractivity contribution in [2.24, 2.45) is 0 Å². The van der Waals surface area contributed by atoms with Crippen LogP contribution in [-0.2, 0) is 6.42 Å². The van der Waals surface area contributed by atoms with E-state index in [2.05, 4.69) is 30.7 Å². The highest BCUT2D eigenvalue weighted by molar-refractivity contribution is 6.00. The molecule has 3 rings (SSSR count). The number of hydrogen-bond acceptors (Lipinski definition) is 7. The van der Waals surface area contributed by atoms with Gasteiger partial charge in [0.1, 0.15) is 11.5 Å². The predicted octanol–water partition coefficient (Wildman–Crippen LogP) is 4.07. The molecule has 2 heterocycles. The maximum atomic E-state index is 12.3. The number of nitrogens with zero attached hydrogens (tertiary/aromatic N) is 3. The topological polar surface area (TPSA) is 77.7 Å². The summed E-state index contributed by atoms with van der Waals surface area (Å²) in [6.07, 6.45) is 3.33. The SMILES string of the molecule is CCCc1cc(=O)oc2c(-c3ccnc(N(CC)CC)n3)c(OC)cc(OC)c12. The Morgan fingerprint density at radius 3 is 2.41 bits per heavy atom. The van der Waals surface area contributed by atoms with E-state index in [0.29, 0.717) is 34.3 Å². The molecule has 0 amide bonds. The highest BCUT2D eigenvalue weighted by Gasteiger charge is 2.22. The van der Waals surface area contributed by atoms with E-state index in [4.69, 9.17) is 18.9 Å². The third-order valence-electron chi connectivity index (χ3n) is 4.93. The molecule has 29 heavy (non-hydrogen) atoms. The fraction of sp³-hybridized carbons (Fsp3) is 0.409. The van der Waals surface area contributed by atoms with Crippen LogP contribution < -0.4 is 20.0 Å². The molecule has 154 valence electrons. The lowest BCUT2D eigenvalue weighted by Crippen LogP contribution is -2.24. The Morgan fingerprint density at radius 1 is 1.07 bits per heavy atom. The van der Waals surface area contributed by atoms with Crippen LogP contribution in [-0.4, -0.2) is 37.3 Å². The van der Waals surface area contributed by atoms with Gasteiger partial charge in [-0.3, -0.25) is 0 Å². The second kappa shape index (κ2) is 8.94. The van der Waals surface area contributed by atoms with Crippen LogP contribution in [0.25, 0.3) is 22.2 Å². The van der Waals surface area contributed by atoms with Gasteiger partial charge in [-0.05, 0) is 31.9 Å². The maximum absolute atomic E-state index is 12.3. The summed E-state index contributed by atoms with van der Waals surface area (Å²) in [5.41, 5.74) is 2.15. The molecular formula is C22H27N3O4. The number of ether oxygens (including phenoxy) is 2. The van der Waals surface area contributed by atoms with E-state index < -0.39 is 5.63 Å². The van der Waals surface area contributed by atoms with Gasteiger partial charge in [-0.25, -0.2) is 14.8 Å². The Hall–Kier alpha value is -3.09. The van der Waals surface area contributed by atoms with Crippen LogP contribution in [0.2, 0.25) is 0 Å². The molecule has 0 unspecified atom stereocenters. The molecule has 0 bridgehead atoms. The zero-order valence-electron chi connectivity index (χ0n) is 17.6. The minimum Gasteiger partial charge on any atom is -0.496 e. The first-order valence-electron chi connectivity index (χ1n) is 9.87. The highest BCUT2D eigenvalue weighted by atomic mass is 16.5. The van der Waals surface area contributed by atoms with E-state index in [-0.39, 0.29) is 0 Å². The Bertz CT molecular complexity index is 1060. The largest absolute Gasteiger partial charge is 0.496 e. The number of aryl methyl sites for hydroxylation is 1. The summed E-state index contributed by atoms with van der Waals surface area (Å²) in [7, 11) is 3.17. The summed E-state index contributed by atoms with van der Waals surface area (Å²) in [5.74, 6) is 1.74. The lowest BCUT2D eigenvalue weighted by molar-refractivity contribution is 0.396. The van der Waals surface area contributed by atoms with Crippen LogP contribution >= 0.6 is 0 Å². The van der Waals surface area contributed by atoms with Crippen molar-refractivity contribution in [2.45, 2.75) is 33.6 Å². The first-order valence-corrected chi connectivity index (χ1v) is 9.87. The highest BCUT2D eigenvalue weighted by Crippen LogP contribution is 2.42. The van der Waals surface area contributed by atoms with Gasteiger partial charge in [-0.15, -0.1) is 0 Å². The molecule has 7 nitrogen and oxygen atoms in total. The van der Waals surface area contributed by atoms with Crippen molar-refractivity contribution in [1.82, 2.24) is 9.97 Å². The molecule has 7 heteroatoms. The number of fused-ring (bicyclic) bond motifs is 1. The van der Waals surface area contributed by atoms with E-state index in [1.807, 2.05) is 6.07 Å². The molecule has 0 aliphatic heterocycles. The number of hydrogen-bond donors (Lipinski definition) is 0. The summed E-state index contributed by atoms with van der Waals surface area (Å²) < 4.78 is 16.9. The molecule has 3 aromatic rings. The van der Waals surface area contributed by atoms with Gasteiger partial charge in [0, 0.05) is 31.4 Å². The lowest BCUT2D eigenvalue weighted by atomic mass is 9.99. The second-order valence-corrected chi connectivity index (χ2v) is 6.62. The number of methoxy groups -OCH3 is 2. The van der Waals surface area contributed by atoms with E-state index in [0.717, 1.165) is 36.9 Å². The van der Waals surface area contributed by atoms with Crippen LogP contribution in [0.3, 0.4) is 0 Å². The monoisotopic (exact) mass is 397 g/mol. The number of anilines is 1. The summed E-state index contributed by atoms with van der Waals surface area (Å²) in [5, 5.41) is 0.771. The second-order valence-electron chi connectivity index (χ2n) is 6.62. The van der Waals surface area contributed by atoms with Crippen LogP contribution in [0.5, 0.6) is 11.5 Å². The molecule has 0 aliphatic rings. The van der Waals surface area contributed by atoms with E-state index in [1.165, 1.54) is 6.07 Å². The van der Waals surface area contributed by atoms with Gasteiger partial charge >= 0.3 is 5.63 Å². The number of benzene rings is 1. The van der Waals surface area contributed by atoms with E-state index in [1.54, 1.807) is 26.5 Å². The quantitative estimate of drug-likeness (QED) is 0.530. The molecule has 0 saturated heterocycles. The Morgan fingerprint density at radius 2 is 1.79 bits per heavy atom. The Balaban J connectivity index is 2.38. The summed E-state index contributed by atoms with van der Waals surface area (Å²) >= 11 is 0. The van der Waals surface area contributed by atoms with Crippen molar-refractivity contribution in [3.63, 3.8) is 0 Å². The standard InChI is InChI=1S/C22H27N3O4/c1-6-9-14-12-18(26)29-21-19(14)16(27-4)13-17(28-5)20(21)15-10-11-23-22(24-15)25(7-2)8-3/h10-13H,6-9H2,1-5H3. The molecule has 1 aromatic carbocycles. The summed E-state index contributed by atoms with van der Waals surface area (Å²) in [6, 6.07) is 5.14. The van der Waals surface area contributed by atoms with Crippen LogP contribution in [0.1, 0.15) is 32.8 Å². The minimum absolute atomic E-state index is 0.407. The van der Waals surface area contributed by atoms with Crippen molar-refractivity contribution in [3.05, 3.63) is 40.4 Å². The van der Waals surface area contributed by atoms with E-state index >= 15 is 0 Å². The van der Waals surface area contributed by atoms with Crippen molar-refractivity contribution in [1.29, 1.82) is 0 Å².